The third kappa shape index (κ3) is 36.3. The number of aliphatic carboxylic acids is 3. The van der Waals surface area contributed by atoms with E-state index in [4.69, 9.17) is 30.6 Å². The number of hydrogen-bond donors (Lipinski definition) is 6. The molecule has 0 aliphatic carbocycles. The van der Waals surface area contributed by atoms with Crippen LogP contribution in [0.4, 0.5) is 0 Å². The largest absolute Gasteiger partial charge is 0.481 e. The highest BCUT2D eigenvalue weighted by atomic mass is 16.4. The van der Waals surface area contributed by atoms with E-state index < -0.39 is 23.3 Å². The number of carbonyl (C=O) groups is 3. The zero-order chi connectivity index (χ0) is 30.2. The minimum Gasteiger partial charge on any atom is -0.481 e. The van der Waals surface area contributed by atoms with Crippen LogP contribution in [0.1, 0.15) is 149 Å². The Morgan fingerprint density at radius 2 is 0.667 bits per heavy atom. The molecule has 0 saturated heterocycles. The quantitative estimate of drug-likeness (QED) is 0.0685. The first kappa shape index (κ1) is 41.8. The number of carboxylic acid groups (broad SMARTS) is 3. The van der Waals surface area contributed by atoms with Crippen molar-refractivity contribution in [2.75, 3.05) is 19.8 Å². The molecule has 0 amide bonds. The Morgan fingerprint density at radius 1 is 0.436 bits per heavy atom. The Morgan fingerprint density at radius 3 is 0.821 bits per heavy atom. The lowest BCUT2D eigenvalue weighted by molar-refractivity contribution is -0.138. The van der Waals surface area contributed by atoms with Gasteiger partial charge in [-0.05, 0) is 25.7 Å². The zero-order valence-electron chi connectivity index (χ0n) is 24.9. The zero-order valence-corrected chi connectivity index (χ0v) is 24.9. The molecule has 0 atom stereocenters. The number of rotatable bonds is 25. The normalized spacial score (nSPS) is 10.7. The number of aliphatic hydroxyl groups excluding tert-OH is 3. The van der Waals surface area contributed by atoms with E-state index in [1.165, 1.54) is 70.6 Å². The first-order valence-electron chi connectivity index (χ1n) is 15.1. The lowest BCUT2D eigenvalue weighted by atomic mass is 9.88. The van der Waals surface area contributed by atoms with Gasteiger partial charge in [0.25, 0.3) is 0 Å². The SMILES string of the molecule is CCC(CO)(CO)CO.CCCCCCCCCCCCCCCC(=O)O.O=C(O)CCCCCCC(=O)O. The summed E-state index contributed by atoms with van der Waals surface area (Å²) >= 11 is 0. The second-order valence-corrected chi connectivity index (χ2v) is 10.4. The lowest BCUT2D eigenvalue weighted by Crippen LogP contribution is -2.32. The van der Waals surface area contributed by atoms with Crippen molar-refractivity contribution in [2.45, 2.75) is 149 Å². The Labute approximate surface area is 237 Å². The molecule has 9 nitrogen and oxygen atoms in total. The fourth-order valence-electron chi connectivity index (χ4n) is 3.69. The van der Waals surface area contributed by atoms with E-state index in [0.717, 1.165) is 25.7 Å². The second-order valence-electron chi connectivity index (χ2n) is 10.4. The molecule has 0 aromatic rings. The molecular weight excluding hydrogens is 504 g/mol. The fourth-order valence-corrected chi connectivity index (χ4v) is 3.69. The molecule has 0 rings (SSSR count). The molecule has 39 heavy (non-hydrogen) atoms. The van der Waals surface area contributed by atoms with Gasteiger partial charge in [-0.2, -0.15) is 0 Å². The molecular formula is C30H60O9. The molecule has 0 spiro atoms. The van der Waals surface area contributed by atoms with E-state index in [2.05, 4.69) is 6.92 Å². The summed E-state index contributed by atoms with van der Waals surface area (Å²) < 4.78 is 0. The van der Waals surface area contributed by atoms with E-state index in [-0.39, 0.29) is 32.7 Å². The van der Waals surface area contributed by atoms with Gasteiger partial charge in [-0.1, -0.05) is 104 Å². The molecule has 0 saturated carbocycles. The van der Waals surface area contributed by atoms with E-state index >= 15 is 0 Å². The van der Waals surface area contributed by atoms with Gasteiger partial charge in [0.1, 0.15) is 0 Å². The third-order valence-electron chi connectivity index (χ3n) is 6.78. The van der Waals surface area contributed by atoms with Gasteiger partial charge < -0.3 is 30.6 Å². The van der Waals surface area contributed by atoms with Crippen molar-refractivity contribution in [3.8, 4) is 0 Å². The maximum Gasteiger partial charge on any atom is 0.303 e. The Hall–Kier alpha value is -1.71. The van der Waals surface area contributed by atoms with E-state index in [0.29, 0.717) is 25.7 Å². The standard InChI is InChI=1S/C16H32O2.C8H14O4.C6H14O3/c1-2-3-4-5-6-7-8-9-10-11-12-13-14-15-16(17)18;9-7(10)5-3-1-2-4-6-8(11)12;1-2-6(3-7,4-8)5-9/h2-15H2,1H3,(H,17,18);1-6H2,(H,9,10)(H,11,12);7-9H,2-5H2,1H3. The fraction of sp³-hybridized carbons (Fsp3) is 0.900. The first-order chi connectivity index (χ1) is 18.6. The van der Waals surface area contributed by atoms with Crippen LogP contribution in [-0.2, 0) is 14.4 Å². The van der Waals surface area contributed by atoms with Crippen LogP contribution in [0.15, 0.2) is 0 Å². The predicted molar refractivity (Wildman–Crippen MR) is 155 cm³/mol. The van der Waals surface area contributed by atoms with Crippen LogP contribution >= 0.6 is 0 Å². The summed E-state index contributed by atoms with van der Waals surface area (Å²) in [7, 11) is 0. The van der Waals surface area contributed by atoms with Gasteiger partial charge in [0.15, 0.2) is 0 Å². The maximum atomic E-state index is 10.3. The predicted octanol–water partition coefficient (Wildman–Crippen LogP) is 6.41. The summed E-state index contributed by atoms with van der Waals surface area (Å²) in [5.74, 6) is -2.22. The molecule has 0 heterocycles. The topological polar surface area (TPSA) is 173 Å². The number of carboxylic acids is 3. The summed E-state index contributed by atoms with van der Waals surface area (Å²) in [5, 5.41) is 51.0. The molecule has 0 unspecified atom stereocenters. The van der Waals surface area contributed by atoms with Gasteiger partial charge in [0.2, 0.25) is 0 Å². The van der Waals surface area contributed by atoms with Crippen molar-refractivity contribution in [2.24, 2.45) is 5.41 Å². The molecule has 0 aliphatic rings. The van der Waals surface area contributed by atoms with Crippen LogP contribution < -0.4 is 0 Å². The Balaban J connectivity index is -0.000000534. The maximum absolute atomic E-state index is 10.3. The van der Waals surface area contributed by atoms with Crippen LogP contribution in [0, 0.1) is 5.41 Å². The van der Waals surface area contributed by atoms with E-state index in [1.807, 2.05) is 6.92 Å². The highest BCUT2D eigenvalue weighted by molar-refractivity contribution is 5.67. The van der Waals surface area contributed by atoms with Crippen LogP contribution in [0.2, 0.25) is 0 Å². The van der Waals surface area contributed by atoms with Gasteiger partial charge in [0.05, 0.1) is 19.8 Å². The van der Waals surface area contributed by atoms with Crippen molar-refractivity contribution in [1.82, 2.24) is 0 Å². The molecule has 6 N–H and O–H groups in total. The molecule has 0 fully saturated rings. The summed E-state index contributed by atoms with van der Waals surface area (Å²) in [6.45, 7) is 3.61. The van der Waals surface area contributed by atoms with Crippen molar-refractivity contribution < 1.29 is 45.0 Å². The Kier molecular flexibility index (Phi) is 34.8. The van der Waals surface area contributed by atoms with Crippen LogP contribution in [-0.4, -0.2) is 68.4 Å². The molecule has 9 heteroatoms. The molecule has 0 aromatic heterocycles. The van der Waals surface area contributed by atoms with Crippen LogP contribution in [0.5, 0.6) is 0 Å². The first-order valence-corrected chi connectivity index (χ1v) is 15.1. The highest BCUT2D eigenvalue weighted by Gasteiger charge is 2.24. The van der Waals surface area contributed by atoms with Crippen molar-refractivity contribution in [1.29, 1.82) is 0 Å². The smallest absolute Gasteiger partial charge is 0.303 e. The monoisotopic (exact) mass is 564 g/mol. The van der Waals surface area contributed by atoms with Crippen molar-refractivity contribution in [3.05, 3.63) is 0 Å². The highest BCUT2D eigenvalue weighted by Crippen LogP contribution is 2.18. The number of hydrogen-bond acceptors (Lipinski definition) is 6. The molecule has 0 radical (unpaired) electrons. The van der Waals surface area contributed by atoms with Crippen LogP contribution in [0.3, 0.4) is 0 Å². The summed E-state index contributed by atoms with van der Waals surface area (Å²) in [6.07, 6.45) is 21.1. The van der Waals surface area contributed by atoms with Gasteiger partial charge in [-0.15, -0.1) is 0 Å². The molecule has 0 bridgehead atoms. The molecule has 0 aliphatic heterocycles. The van der Waals surface area contributed by atoms with Gasteiger partial charge >= 0.3 is 17.9 Å². The van der Waals surface area contributed by atoms with Crippen molar-refractivity contribution in [3.63, 3.8) is 0 Å². The lowest BCUT2D eigenvalue weighted by Gasteiger charge is -2.24. The van der Waals surface area contributed by atoms with E-state index in [9.17, 15) is 14.4 Å². The minimum atomic E-state index is -0.784. The van der Waals surface area contributed by atoms with Crippen molar-refractivity contribution >= 4 is 17.9 Å². The van der Waals surface area contributed by atoms with Gasteiger partial charge in [-0.25, -0.2) is 0 Å². The summed E-state index contributed by atoms with van der Waals surface area (Å²) in [5.41, 5.74) is -0.667. The van der Waals surface area contributed by atoms with Crippen LogP contribution in [0.25, 0.3) is 0 Å². The van der Waals surface area contributed by atoms with E-state index in [1.54, 1.807) is 0 Å². The third-order valence-corrected chi connectivity index (χ3v) is 6.78. The molecule has 0 aromatic carbocycles. The summed E-state index contributed by atoms with van der Waals surface area (Å²) in [6, 6.07) is 0. The minimum absolute atomic E-state index is 0.156. The van der Waals surface area contributed by atoms with Gasteiger partial charge in [0, 0.05) is 24.7 Å². The number of unbranched alkanes of at least 4 members (excludes halogenated alkanes) is 15. The second kappa shape index (κ2) is 32.5. The average molecular weight is 565 g/mol. The van der Waals surface area contributed by atoms with Gasteiger partial charge in [-0.3, -0.25) is 14.4 Å². The number of aliphatic hydroxyl groups is 3. The molecule has 234 valence electrons. The average Bonchev–Trinajstić information content (AvgIpc) is 2.91. The Bertz CT molecular complexity index is 513. The summed E-state index contributed by atoms with van der Waals surface area (Å²) in [4.78, 5) is 30.4.